The zero-order chi connectivity index (χ0) is 11.4. The van der Waals surface area contributed by atoms with Crippen molar-refractivity contribution < 1.29 is 0 Å². The molecule has 0 radical (unpaired) electrons. The first-order valence-electron chi connectivity index (χ1n) is 5.15. The van der Waals surface area contributed by atoms with E-state index in [-0.39, 0.29) is 0 Å². The van der Waals surface area contributed by atoms with E-state index in [4.69, 9.17) is 23.2 Å². The Hall–Kier alpha value is -0.240. The topological polar surface area (TPSA) is 12.0 Å². The van der Waals surface area contributed by atoms with Gasteiger partial charge in [-0.2, -0.15) is 0 Å². The number of nitrogens with one attached hydrogen (secondary N) is 1. The summed E-state index contributed by atoms with van der Waals surface area (Å²) in [5.41, 5.74) is 1.12. The smallest absolute Gasteiger partial charge is 0.0439 e. The predicted octanol–water partition coefficient (Wildman–Crippen LogP) is 3.78. The van der Waals surface area contributed by atoms with Gasteiger partial charge in [0.25, 0.3) is 0 Å². The lowest BCUT2D eigenvalue weighted by Gasteiger charge is -2.19. The largest absolute Gasteiger partial charge is 0.317 e. The molecule has 0 aliphatic heterocycles. The molecule has 1 nitrogen and oxygen atoms in total. The molecule has 0 aromatic heterocycles. The van der Waals surface area contributed by atoms with Crippen molar-refractivity contribution in [2.75, 3.05) is 7.05 Å². The third kappa shape index (κ3) is 3.67. The van der Waals surface area contributed by atoms with Gasteiger partial charge in [-0.05, 0) is 50.1 Å². The van der Waals surface area contributed by atoms with Crippen molar-refractivity contribution in [3.05, 3.63) is 33.8 Å². The van der Waals surface area contributed by atoms with Crippen LogP contribution in [0.4, 0.5) is 0 Å². The van der Waals surface area contributed by atoms with Crippen molar-refractivity contribution in [1.82, 2.24) is 5.32 Å². The molecule has 84 valence electrons. The summed E-state index contributed by atoms with van der Waals surface area (Å²) in [6, 6.07) is 6.10. The zero-order valence-corrected chi connectivity index (χ0v) is 10.9. The van der Waals surface area contributed by atoms with Gasteiger partial charge in [0.05, 0.1) is 0 Å². The second kappa shape index (κ2) is 5.74. The molecule has 0 saturated heterocycles. The quantitative estimate of drug-likeness (QED) is 0.852. The summed E-state index contributed by atoms with van der Waals surface area (Å²) in [5, 5.41) is 4.79. The lowest BCUT2D eigenvalue weighted by atomic mass is 9.95. The van der Waals surface area contributed by atoms with Crippen molar-refractivity contribution in [2.24, 2.45) is 5.92 Å². The minimum Gasteiger partial charge on any atom is -0.317 e. The van der Waals surface area contributed by atoms with Gasteiger partial charge in [-0.1, -0.05) is 30.1 Å². The molecule has 1 N–H and O–H groups in total. The molecular weight excluding hydrogens is 229 g/mol. The summed E-state index contributed by atoms with van der Waals surface area (Å²) in [6.07, 6.45) is 0.946. The molecule has 1 aromatic carbocycles. The molecular formula is C12H17Cl2N. The summed E-state index contributed by atoms with van der Waals surface area (Å²) in [6.45, 7) is 4.38. The Morgan fingerprint density at radius 2 is 1.93 bits per heavy atom. The van der Waals surface area contributed by atoms with Crippen LogP contribution in [0.1, 0.15) is 19.4 Å². The van der Waals surface area contributed by atoms with Crippen LogP contribution >= 0.6 is 23.2 Å². The van der Waals surface area contributed by atoms with Crippen LogP contribution in [0.5, 0.6) is 0 Å². The Kier molecular flexibility index (Phi) is 4.91. The standard InChI is InChI=1S/C12H17Cl2N/c1-8(9(2)15-3)6-10-7-11(13)4-5-12(10)14/h4-5,7-9,15H,6H2,1-3H3. The van der Waals surface area contributed by atoms with E-state index in [0.29, 0.717) is 12.0 Å². The molecule has 1 aromatic rings. The van der Waals surface area contributed by atoms with E-state index in [9.17, 15) is 0 Å². The van der Waals surface area contributed by atoms with Crippen LogP contribution in [0.25, 0.3) is 0 Å². The second-order valence-corrected chi connectivity index (χ2v) is 4.84. The summed E-state index contributed by atoms with van der Waals surface area (Å²) in [7, 11) is 1.97. The fraction of sp³-hybridized carbons (Fsp3) is 0.500. The highest BCUT2D eigenvalue weighted by atomic mass is 35.5. The summed E-state index contributed by atoms with van der Waals surface area (Å²) in [5.74, 6) is 0.533. The minimum atomic E-state index is 0.472. The second-order valence-electron chi connectivity index (χ2n) is 3.99. The molecule has 0 aliphatic rings. The average Bonchev–Trinajstić information content (AvgIpc) is 2.22. The number of hydrogen-bond donors (Lipinski definition) is 1. The maximum absolute atomic E-state index is 6.11. The van der Waals surface area contributed by atoms with Crippen LogP contribution in [0.3, 0.4) is 0 Å². The molecule has 2 atom stereocenters. The molecule has 15 heavy (non-hydrogen) atoms. The van der Waals surface area contributed by atoms with Gasteiger partial charge in [0, 0.05) is 16.1 Å². The lowest BCUT2D eigenvalue weighted by molar-refractivity contribution is 0.424. The van der Waals surface area contributed by atoms with Gasteiger partial charge in [0.2, 0.25) is 0 Å². The van der Waals surface area contributed by atoms with Crippen LogP contribution in [0.2, 0.25) is 10.0 Å². The number of halogens is 2. The summed E-state index contributed by atoms with van der Waals surface area (Å²) >= 11 is 12.0. The van der Waals surface area contributed by atoms with Crippen molar-refractivity contribution >= 4 is 23.2 Å². The van der Waals surface area contributed by atoms with Gasteiger partial charge < -0.3 is 5.32 Å². The van der Waals surface area contributed by atoms with E-state index in [2.05, 4.69) is 19.2 Å². The average molecular weight is 246 g/mol. The summed E-state index contributed by atoms with van der Waals surface area (Å²) < 4.78 is 0. The van der Waals surface area contributed by atoms with E-state index < -0.39 is 0 Å². The van der Waals surface area contributed by atoms with Crippen LogP contribution in [0.15, 0.2) is 18.2 Å². The Labute approximate surface area is 102 Å². The highest BCUT2D eigenvalue weighted by Gasteiger charge is 2.12. The van der Waals surface area contributed by atoms with Gasteiger partial charge >= 0.3 is 0 Å². The Morgan fingerprint density at radius 3 is 2.53 bits per heavy atom. The van der Waals surface area contributed by atoms with Gasteiger partial charge in [-0.15, -0.1) is 0 Å². The fourth-order valence-electron chi connectivity index (χ4n) is 1.51. The molecule has 1 rings (SSSR count). The van der Waals surface area contributed by atoms with Crippen LogP contribution < -0.4 is 5.32 Å². The van der Waals surface area contributed by atoms with Crippen molar-refractivity contribution in [3.8, 4) is 0 Å². The molecule has 3 heteroatoms. The van der Waals surface area contributed by atoms with Crippen LogP contribution in [-0.2, 0) is 6.42 Å². The SMILES string of the molecule is CNC(C)C(C)Cc1cc(Cl)ccc1Cl. The monoisotopic (exact) mass is 245 g/mol. The van der Waals surface area contributed by atoms with Crippen molar-refractivity contribution in [3.63, 3.8) is 0 Å². The number of rotatable bonds is 4. The highest BCUT2D eigenvalue weighted by Crippen LogP contribution is 2.24. The molecule has 0 saturated carbocycles. The molecule has 2 unspecified atom stereocenters. The Bertz CT molecular complexity index is 325. The number of benzene rings is 1. The van der Waals surface area contributed by atoms with E-state index >= 15 is 0 Å². The van der Waals surface area contributed by atoms with Crippen LogP contribution in [-0.4, -0.2) is 13.1 Å². The first-order valence-corrected chi connectivity index (χ1v) is 5.91. The minimum absolute atomic E-state index is 0.472. The third-order valence-electron chi connectivity index (χ3n) is 2.86. The van der Waals surface area contributed by atoms with Gasteiger partial charge in [0.15, 0.2) is 0 Å². The molecule has 0 fully saturated rings. The fourth-order valence-corrected chi connectivity index (χ4v) is 1.90. The van der Waals surface area contributed by atoms with Gasteiger partial charge in [-0.3, -0.25) is 0 Å². The maximum atomic E-state index is 6.11. The molecule has 0 amide bonds. The summed E-state index contributed by atoms with van der Waals surface area (Å²) in [4.78, 5) is 0. The molecule has 0 heterocycles. The Morgan fingerprint density at radius 1 is 1.27 bits per heavy atom. The normalized spacial score (nSPS) is 15.0. The van der Waals surface area contributed by atoms with Gasteiger partial charge in [-0.25, -0.2) is 0 Å². The number of hydrogen-bond acceptors (Lipinski definition) is 1. The maximum Gasteiger partial charge on any atom is 0.0439 e. The van der Waals surface area contributed by atoms with Crippen LogP contribution in [0, 0.1) is 5.92 Å². The lowest BCUT2D eigenvalue weighted by Crippen LogP contribution is -2.29. The molecule has 0 spiro atoms. The molecule has 0 aliphatic carbocycles. The van der Waals surface area contributed by atoms with E-state index in [0.717, 1.165) is 22.0 Å². The first-order chi connectivity index (χ1) is 7.04. The van der Waals surface area contributed by atoms with E-state index in [1.165, 1.54) is 0 Å². The van der Waals surface area contributed by atoms with Crippen molar-refractivity contribution in [1.29, 1.82) is 0 Å². The predicted molar refractivity (Wildman–Crippen MR) is 67.9 cm³/mol. The Balaban J connectivity index is 2.75. The first kappa shape index (κ1) is 12.8. The zero-order valence-electron chi connectivity index (χ0n) is 9.35. The van der Waals surface area contributed by atoms with E-state index in [1.54, 1.807) is 0 Å². The third-order valence-corrected chi connectivity index (χ3v) is 3.46. The van der Waals surface area contributed by atoms with E-state index in [1.807, 2.05) is 25.2 Å². The molecule has 0 bridgehead atoms. The van der Waals surface area contributed by atoms with Crippen molar-refractivity contribution in [2.45, 2.75) is 26.3 Å². The highest BCUT2D eigenvalue weighted by molar-refractivity contribution is 6.33. The van der Waals surface area contributed by atoms with Gasteiger partial charge in [0.1, 0.15) is 0 Å².